The first kappa shape index (κ1) is 19.5. The van der Waals surface area contributed by atoms with E-state index in [2.05, 4.69) is 34.7 Å². The summed E-state index contributed by atoms with van der Waals surface area (Å²) >= 11 is 1.81. The molecule has 1 aromatic heterocycles. The Kier molecular flexibility index (Phi) is 7.01. The van der Waals surface area contributed by atoms with E-state index in [0.717, 1.165) is 30.1 Å². The predicted octanol–water partition coefficient (Wildman–Crippen LogP) is 2.72. The third-order valence-corrected chi connectivity index (χ3v) is 5.72. The van der Waals surface area contributed by atoms with Gasteiger partial charge in [0.1, 0.15) is 0 Å². The number of thiophene rings is 1. The summed E-state index contributed by atoms with van der Waals surface area (Å²) in [7, 11) is -1.25. The van der Waals surface area contributed by atoms with E-state index in [1.165, 1.54) is 16.0 Å². The number of benzene rings is 1. The second-order valence-corrected chi connectivity index (χ2v) is 9.28. The molecule has 2 N–H and O–H groups in total. The second-order valence-electron chi connectivity index (χ2n) is 5.89. The standard InChI is InChI=1S/C18H25N3O2S2/c1-4-16-9-10-17(24-16)12-21-18(19-2)20-11-14-5-7-15(8-6-14)13-25(3,22)23/h5-10H,4,11-13H2,1-3H3,(H2,19,20,21). The topological polar surface area (TPSA) is 70.6 Å². The fraction of sp³-hybridized carbons (Fsp3) is 0.389. The maximum Gasteiger partial charge on any atom is 0.191 e. The summed E-state index contributed by atoms with van der Waals surface area (Å²) in [6.07, 6.45) is 2.31. The number of sulfone groups is 1. The van der Waals surface area contributed by atoms with Crippen molar-refractivity contribution in [3.63, 3.8) is 0 Å². The largest absolute Gasteiger partial charge is 0.352 e. The van der Waals surface area contributed by atoms with E-state index in [0.29, 0.717) is 6.54 Å². The van der Waals surface area contributed by atoms with Gasteiger partial charge in [-0.15, -0.1) is 11.3 Å². The van der Waals surface area contributed by atoms with Crippen LogP contribution in [0.25, 0.3) is 0 Å². The normalized spacial score (nSPS) is 12.2. The zero-order valence-corrected chi connectivity index (χ0v) is 16.5. The van der Waals surface area contributed by atoms with Crippen LogP contribution < -0.4 is 10.6 Å². The molecule has 0 aliphatic carbocycles. The Hall–Kier alpha value is -1.86. The summed E-state index contributed by atoms with van der Waals surface area (Å²) < 4.78 is 22.6. The minimum Gasteiger partial charge on any atom is -0.352 e. The quantitative estimate of drug-likeness (QED) is 0.573. The molecule has 25 heavy (non-hydrogen) atoms. The van der Waals surface area contributed by atoms with Gasteiger partial charge in [0, 0.05) is 29.6 Å². The van der Waals surface area contributed by atoms with E-state index in [4.69, 9.17) is 0 Å². The maximum atomic E-state index is 11.3. The second kappa shape index (κ2) is 9.01. The lowest BCUT2D eigenvalue weighted by molar-refractivity contribution is 0.601. The van der Waals surface area contributed by atoms with Gasteiger partial charge in [-0.25, -0.2) is 8.42 Å². The molecule has 0 fully saturated rings. The van der Waals surface area contributed by atoms with Crippen LogP contribution in [0.4, 0.5) is 0 Å². The summed E-state index contributed by atoms with van der Waals surface area (Å²) in [5, 5.41) is 6.58. The van der Waals surface area contributed by atoms with Gasteiger partial charge in [-0.05, 0) is 29.7 Å². The summed E-state index contributed by atoms with van der Waals surface area (Å²) in [5.41, 5.74) is 1.88. The summed E-state index contributed by atoms with van der Waals surface area (Å²) in [6, 6.07) is 11.9. The molecular weight excluding hydrogens is 354 g/mol. The number of rotatable bonds is 7. The third kappa shape index (κ3) is 6.88. The van der Waals surface area contributed by atoms with Crippen LogP contribution in [-0.4, -0.2) is 27.7 Å². The highest BCUT2D eigenvalue weighted by Crippen LogP contribution is 2.16. The Morgan fingerprint density at radius 1 is 1.00 bits per heavy atom. The zero-order valence-electron chi connectivity index (χ0n) is 14.9. The minimum atomic E-state index is -3.00. The Bertz CT molecular complexity index is 809. The van der Waals surface area contributed by atoms with Gasteiger partial charge in [-0.3, -0.25) is 4.99 Å². The van der Waals surface area contributed by atoms with Crippen LogP contribution in [0.5, 0.6) is 0 Å². The summed E-state index contributed by atoms with van der Waals surface area (Å²) in [6.45, 7) is 3.53. The molecule has 0 saturated heterocycles. The van der Waals surface area contributed by atoms with Gasteiger partial charge in [0.15, 0.2) is 15.8 Å². The molecule has 0 saturated carbocycles. The Morgan fingerprint density at radius 2 is 1.60 bits per heavy atom. The molecule has 0 unspecified atom stereocenters. The van der Waals surface area contributed by atoms with Gasteiger partial charge in [0.25, 0.3) is 0 Å². The number of guanidine groups is 1. The van der Waals surface area contributed by atoms with Gasteiger partial charge >= 0.3 is 0 Å². The monoisotopic (exact) mass is 379 g/mol. The molecule has 0 spiro atoms. The molecule has 2 rings (SSSR count). The van der Waals surface area contributed by atoms with E-state index in [1.54, 1.807) is 7.05 Å². The van der Waals surface area contributed by atoms with Gasteiger partial charge in [0.2, 0.25) is 0 Å². The summed E-state index contributed by atoms with van der Waals surface area (Å²) in [4.78, 5) is 6.90. The van der Waals surface area contributed by atoms with Crippen molar-refractivity contribution in [3.05, 3.63) is 57.3 Å². The Balaban J connectivity index is 1.83. The third-order valence-electron chi connectivity index (χ3n) is 3.63. The fourth-order valence-corrected chi connectivity index (χ4v) is 4.04. The van der Waals surface area contributed by atoms with Crippen LogP contribution in [0.3, 0.4) is 0 Å². The van der Waals surface area contributed by atoms with Crippen molar-refractivity contribution in [1.82, 2.24) is 10.6 Å². The van der Waals surface area contributed by atoms with Crippen molar-refractivity contribution >= 4 is 27.1 Å². The SMILES string of the molecule is CCc1ccc(CNC(=NC)NCc2ccc(CS(C)(=O)=O)cc2)s1. The van der Waals surface area contributed by atoms with Crippen molar-refractivity contribution in [2.45, 2.75) is 32.2 Å². The number of nitrogens with one attached hydrogen (secondary N) is 2. The summed E-state index contributed by atoms with van der Waals surface area (Å²) in [5.74, 6) is 0.816. The van der Waals surface area contributed by atoms with E-state index in [9.17, 15) is 8.42 Å². The number of hydrogen-bond acceptors (Lipinski definition) is 4. The highest BCUT2D eigenvalue weighted by Gasteiger charge is 2.05. The lowest BCUT2D eigenvalue weighted by atomic mass is 10.1. The predicted molar refractivity (Wildman–Crippen MR) is 106 cm³/mol. The number of hydrogen-bond donors (Lipinski definition) is 2. The number of nitrogens with zero attached hydrogens (tertiary/aromatic N) is 1. The lowest BCUT2D eigenvalue weighted by Crippen LogP contribution is -2.36. The average Bonchev–Trinajstić information content (AvgIpc) is 3.03. The molecule has 0 radical (unpaired) electrons. The fourth-order valence-electron chi connectivity index (χ4n) is 2.34. The number of aryl methyl sites for hydroxylation is 1. The van der Waals surface area contributed by atoms with Crippen LogP contribution in [0, 0.1) is 0 Å². The van der Waals surface area contributed by atoms with Crippen molar-refractivity contribution < 1.29 is 8.42 Å². The minimum absolute atomic E-state index is 0.0739. The first-order valence-electron chi connectivity index (χ1n) is 8.17. The Morgan fingerprint density at radius 3 is 2.16 bits per heavy atom. The molecule has 0 amide bonds. The highest BCUT2D eigenvalue weighted by molar-refractivity contribution is 7.89. The molecule has 1 heterocycles. The van der Waals surface area contributed by atoms with Crippen molar-refractivity contribution in [2.75, 3.05) is 13.3 Å². The molecule has 0 aliphatic rings. The molecule has 2 aromatic rings. The van der Waals surface area contributed by atoms with Gasteiger partial charge in [-0.1, -0.05) is 31.2 Å². The lowest BCUT2D eigenvalue weighted by Gasteiger charge is -2.11. The van der Waals surface area contributed by atoms with Gasteiger partial charge < -0.3 is 10.6 Å². The van der Waals surface area contributed by atoms with Crippen molar-refractivity contribution in [3.8, 4) is 0 Å². The van der Waals surface area contributed by atoms with E-state index in [1.807, 2.05) is 35.6 Å². The first-order chi connectivity index (χ1) is 11.9. The molecule has 0 atom stereocenters. The molecule has 5 nitrogen and oxygen atoms in total. The zero-order chi connectivity index (χ0) is 18.3. The number of aliphatic imine (C=N–C) groups is 1. The van der Waals surface area contributed by atoms with Gasteiger partial charge in [0.05, 0.1) is 12.3 Å². The van der Waals surface area contributed by atoms with E-state index < -0.39 is 9.84 Å². The molecule has 0 aliphatic heterocycles. The van der Waals surface area contributed by atoms with E-state index in [-0.39, 0.29) is 5.75 Å². The van der Waals surface area contributed by atoms with Crippen LogP contribution >= 0.6 is 11.3 Å². The highest BCUT2D eigenvalue weighted by atomic mass is 32.2. The molecule has 1 aromatic carbocycles. The van der Waals surface area contributed by atoms with E-state index >= 15 is 0 Å². The van der Waals surface area contributed by atoms with Crippen LogP contribution in [-0.2, 0) is 35.1 Å². The van der Waals surface area contributed by atoms with Crippen LogP contribution in [0.15, 0.2) is 41.4 Å². The average molecular weight is 380 g/mol. The molecule has 0 bridgehead atoms. The van der Waals surface area contributed by atoms with Crippen LogP contribution in [0.1, 0.15) is 27.8 Å². The molecular formula is C18H25N3O2S2. The maximum absolute atomic E-state index is 11.3. The molecule has 7 heteroatoms. The van der Waals surface area contributed by atoms with Crippen molar-refractivity contribution in [1.29, 1.82) is 0 Å². The molecule has 136 valence electrons. The smallest absolute Gasteiger partial charge is 0.191 e. The van der Waals surface area contributed by atoms with Crippen LogP contribution in [0.2, 0.25) is 0 Å². The Labute approximate surface area is 154 Å². The van der Waals surface area contributed by atoms with Gasteiger partial charge in [-0.2, -0.15) is 0 Å². The first-order valence-corrected chi connectivity index (χ1v) is 11.0. The van der Waals surface area contributed by atoms with Crippen molar-refractivity contribution in [2.24, 2.45) is 4.99 Å².